The van der Waals surface area contributed by atoms with E-state index in [1.54, 1.807) is 0 Å². The minimum Gasteiger partial charge on any atom is -0.381 e. The van der Waals surface area contributed by atoms with Crippen LogP contribution >= 0.6 is 0 Å². The molecule has 7 nitrogen and oxygen atoms in total. The third kappa shape index (κ3) is 1.05. The van der Waals surface area contributed by atoms with E-state index < -0.39 is 5.60 Å². The fraction of sp³-hybridized carbons (Fsp3) is 0.750. The minimum absolute atomic E-state index is 0.116. The summed E-state index contributed by atoms with van der Waals surface area (Å²) in [5.41, 5.74) is -0.952. The van der Waals surface area contributed by atoms with Crippen molar-refractivity contribution in [2.45, 2.75) is 30.9 Å². The lowest BCUT2D eigenvalue weighted by Gasteiger charge is -2.33. The molecule has 0 amide bonds. The molecule has 0 spiro atoms. The molecule has 1 aliphatic carbocycles. The molecule has 3 rings (SSSR count). The molecule has 2 atom stereocenters. The smallest absolute Gasteiger partial charge is 0.178 e. The van der Waals surface area contributed by atoms with E-state index in [4.69, 9.17) is 4.52 Å². The van der Waals surface area contributed by atoms with Crippen molar-refractivity contribution in [3.05, 3.63) is 16.7 Å². The fourth-order valence-electron chi connectivity index (χ4n) is 2.57. The molecule has 0 aromatic carbocycles. The molecule has 82 valence electrons. The Balaban J connectivity index is 2.11. The largest absolute Gasteiger partial charge is 0.381 e. The Morgan fingerprint density at radius 1 is 1.67 bits per heavy atom. The number of hydrogen-bond donors (Lipinski definition) is 2. The molecule has 0 unspecified atom stereocenters. The third-order valence-corrected chi connectivity index (χ3v) is 3.32. The molecule has 15 heavy (non-hydrogen) atoms. The van der Waals surface area contributed by atoms with Crippen LogP contribution in [0.25, 0.3) is 0 Å². The second-order valence-electron chi connectivity index (χ2n) is 4.09. The van der Waals surface area contributed by atoms with Gasteiger partial charge in [0.2, 0.25) is 0 Å². The van der Waals surface area contributed by atoms with Crippen LogP contribution in [0.2, 0.25) is 0 Å². The van der Waals surface area contributed by atoms with Crippen molar-refractivity contribution in [1.82, 2.24) is 10.2 Å². The number of fused-ring (bicyclic) bond motifs is 3. The Hall–Kier alpha value is -1.18. The molecule has 1 saturated heterocycles. The Labute approximate surface area is 85.0 Å². The molecule has 2 N–H and O–H groups in total. The molecule has 1 aliphatic heterocycles. The van der Waals surface area contributed by atoms with Crippen LogP contribution in [0.3, 0.4) is 0 Å². The summed E-state index contributed by atoms with van der Waals surface area (Å²) in [6.07, 6.45) is 1.45. The lowest BCUT2D eigenvalue weighted by atomic mass is 9.82. The molecule has 1 fully saturated rings. The number of aliphatic hydroxyl groups is 1. The molecular formula is C8H11N3O4. The highest BCUT2D eigenvalue weighted by Crippen LogP contribution is 2.42. The third-order valence-electron chi connectivity index (χ3n) is 3.32. The summed E-state index contributed by atoms with van der Waals surface area (Å²) in [5, 5.41) is 35.7. The topological polar surface area (TPSA) is 96.7 Å². The van der Waals surface area contributed by atoms with Crippen LogP contribution in [0, 0.1) is 5.21 Å². The van der Waals surface area contributed by atoms with Gasteiger partial charge in [0.1, 0.15) is 5.60 Å². The highest BCUT2D eigenvalue weighted by Gasteiger charge is 2.53. The minimum atomic E-state index is -1.23. The Morgan fingerprint density at radius 2 is 2.47 bits per heavy atom. The van der Waals surface area contributed by atoms with Crippen molar-refractivity contribution in [3.63, 3.8) is 0 Å². The molecule has 0 bridgehead atoms. The number of aryl methyl sites for hydroxylation is 1. The molecule has 7 heteroatoms. The van der Waals surface area contributed by atoms with Gasteiger partial charge in [-0.2, -0.15) is 5.06 Å². The van der Waals surface area contributed by atoms with Gasteiger partial charge < -0.3 is 14.8 Å². The first-order chi connectivity index (χ1) is 7.11. The fourth-order valence-corrected chi connectivity index (χ4v) is 2.57. The van der Waals surface area contributed by atoms with Crippen LogP contribution in [0.4, 0.5) is 0 Å². The zero-order chi connectivity index (χ0) is 10.6. The number of hydroxylamine groups is 2. The van der Waals surface area contributed by atoms with Crippen molar-refractivity contribution < 1.29 is 19.9 Å². The lowest BCUT2D eigenvalue weighted by molar-refractivity contribution is -0.841. The van der Waals surface area contributed by atoms with Gasteiger partial charge in [-0.15, -0.1) is 0 Å². The van der Waals surface area contributed by atoms with Crippen LogP contribution in [0.1, 0.15) is 24.3 Å². The molecule has 1 aromatic heterocycles. The predicted molar refractivity (Wildman–Crippen MR) is 44.6 cm³/mol. The summed E-state index contributed by atoms with van der Waals surface area (Å²) in [5.74, 6) is 0.430. The van der Waals surface area contributed by atoms with Gasteiger partial charge in [0, 0.05) is 6.54 Å². The Morgan fingerprint density at radius 3 is 3.27 bits per heavy atom. The number of rotatable bonds is 0. The Bertz CT molecular complexity index is 407. The van der Waals surface area contributed by atoms with E-state index in [0.29, 0.717) is 31.6 Å². The highest BCUT2D eigenvalue weighted by molar-refractivity contribution is 5.23. The maximum Gasteiger partial charge on any atom is 0.178 e. The average Bonchev–Trinajstić information content (AvgIpc) is 2.69. The van der Waals surface area contributed by atoms with Crippen molar-refractivity contribution >= 4 is 0 Å². The van der Waals surface area contributed by atoms with Gasteiger partial charge in [0.15, 0.2) is 10.7 Å². The SMILES string of the molecule is [O-][n+]1nc2c(o1)CC[C@H]1N(O)CC[C@@]21O. The van der Waals surface area contributed by atoms with E-state index in [2.05, 4.69) is 5.10 Å². The van der Waals surface area contributed by atoms with Crippen LogP contribution in [0.5, 0.6) is 0 Å². The van der Waals surface area contributed by atoms with Crippen molar-refractivity contribution in [3.8, 4) is 0 Å². The average molecular weight is 213 g/mol. The van der Waals surface area contributed by atoms with Gasteiger partial charge in [0.25, 0.3) is 0 Å². The summed E-state index contributed by atoms with van der Waals surface area (Å²) in [6, 6.07) is -0.380. The first-order valence-electron chi connectivity index (χ1n) is 4.89. The highest BCUT2D eigenvalue weighted by atomic mass is 16.7. The first-order valence-corrected chi connectivity index (χ1v) is 4.89. The summed E-state index contributed by atoms with van der Waals surface area (Å²) in [4.78, 5) is 0. The molecule has 2 heterocycles. The predicted octanol–water partition coefficient (Wildman–Crippen LogP) is -1.09. The van der Waals surface area contributed by atoms with Crippen LogP contribution in [-0.4, -0.2) is 33.1 Å². The van der Waals surface area contributed by atoms with Crippen LogP contribution < -0.4 is 5.02 Å². The van der Waals surface area contributed by atoms with E-state index >= 15 is 0 Å². The van der Waals surface area contributed by atoms with Crippen molar-refractivity contribution in [2.24, 2.45) is 0 Å². The van der Waals surface area contributed by atoms with E-state index in [1.165, 1.54) is 0 Å². The zero-order valence-corrected chi connectivity index (χ0v) is 7.96. The number of hydrogen-bond acceptors (Lipinski definition) is 6. The van der Waals surface area contributed by atoms with Gasteiger partial charge in [0.05, 0.1) is 16.9 Å². The van der Waals surface area contributed by atoms with E-state index in [9.17, 15) is 15.5 Å². The second-order valence-corrected chi connectivity index (χ2v) is 4.09. The maximum atomic E-state index is 10.9. The quantitative estimate of drug-likeness (QED) is 0.531. The summed E-state index contributed by atoms with van der Waals surface area (Å²) < 4.78 is 4.80. The molecule has 0 saturated carbocycles. The summed E-state index contributed by atoms with van der Waals surface area (Å²) in [7, 11) is 0. The van der Waals surface area contributed by atoms with Crippen LogP contribution in [0.15, 0.2) is 4.52 Å². The van der Waals surface area contributed by atoms with Crippen LogP contribution in [-0.2, 0) is 12.0 Å². The number of nitrogens with zero attached hydrogens (tertiary/aromatic N) is 3. The van der Waals surface area contributed by atoms with Gasteiger partial charge in [-0.1, -0.05) is 0 Å². The van der Waals surface area contributed by atoms with E-state index in [-0.39, 0.29) is 16.8 Å². The standard InChI is InChI=1S/C8H11N3O4/c12-8-3-4-10(13)6(8)2-1-5-7(8)9-11(14)15-5/h6,12-13H,1-4H2/t6-,8+/m1/s1. The zero-order valence-electron chi connectivity index (χ0n) is 7.96. The maximum absolute atomic E-state index is 10.9. The molecule has 1 aromatic rings. The van der Waals surface area contributed by atoms with Gasteiger partial charge in [-0.05, 0) is 19.3 Å². The van der Waals surface area contributed by atoms with E-state index in [0.717, 1.165) is 5.06 Å². The second kappa shape index (κ2) is 2.69. The normalized spacial score (nSPS) is 35.2. The van der Waals surface area contributed by atoms with Crippen molar-refractivity contribution in [2.75, 3.05) is 6.54 Å². The van der Waals surface area contributed by atoms with Gasteiger partial charge in [-0.3, -0.25) is 0 Å². The Kier molecular flexibility index (Phi) is 1.63. The number of aromatic nitrogens is 2. The van der Waals surface area contributed by atoms with Crippen molar-refractivity contribution in [1.29, 1.82) is 0 Å². The molecular weight excluding hydrogens is 202 g/mol. The van der Waals surface area contributed by atoms with Gasteiger partial charge in [-0.25, -0.2) is 5.21 Å². The molecule has 0 radical (unpaired) electrons. The van der Waals surface area contributed by atoms with E-state index in [1.807, 2.05) is 0 Å². The first kappa shape index (κ1) is 9.08. The monoisotopic (exact) mass is 213 g/mol. The lowest BCUT2D eigenvalue weighted by Crippen LogP contribution is -2.45. The molecule has 2 aliphatic rings. The van der Waals surface area contributed by atoms with Gasteiger partial charge >= 0.3 is 0 Å². The summed E-state index contributed by atoms with van der Waals surface area (Å²) >= 11 is 0. The summed E-state index contributed by atoms with van der Waals surface area (Å²) in [6.45, 7) is 0.381.